The number of benzene rings is 1. The first kappa shape index (κ1) is 19.8. The molecule has 0 saturated heterocycles. The predicted molar refractivity (Wildman–Crippen MR) is 127 cm³/mol. The SMILES string of the molecule is CSC1=Nc2cc(CCC3=CC(n4ccc5c(Cl)ncnc54)CC3)ccc2C1(C)C. The first-order chi connectivity index (χ1) is 14.5. The summed E-state index contributed by atoms with van der Waals surface area (Å²) in [6.45, 7) is 4.53. The molecule has 2 aliphatic rings. The highest BCUT2D eigenvalue weighted by Gasteiger charge is 2.34. The van der Waals surface area contributed by atoms with Crippen molar-refractivity contribution in [2.45, 2.75) is 51.0 Å². The van der Waals surface area contributed by atoms with Crippen molar-refractivity contribution in [1.82, 2.24) is 14.5 Å². The van der Waals surface area contributed by atoms with Gasteiger partial charge in [-0.2, -0.15) is 0 Å². The maximum atomic E-state index is 6.21. The van der Waals surface area contributed by atoms with E-state index in [1.54, 1.807) is 18.1 Å². The Morgan fingerprint density at radius 1 is 1.20 bits per heavy atom. The van der Waals surface area contributed by atoms with Gasteiger partial charge in [0.1, 0.15) is 17.1 Å². The molecule has 6 heteroatoms. The van der Waals surface area contributed by atoms with Crippen LogP contribution in [0.15, 0.2) is 53.4 Å². The van der Waals surface area contributed by atoms with Gasteiger partial charge >= 0.3 is 0 Å². The van der Waals surface area contributed by atoms with Gasteiger partial charge in [-0.15, -0.1) is 11.8 Å². The van der Waals surface area contributed by atoms with Crippen LogP contribution >= 0.6 is 23.4 Å². The molecule has 1 aliphatic carbocycles. The summed E-state index contributed by atoms with van der Waals surface area (Å²) in [5.74, 6) is 0. The van der Waals surface area contributed by atoms with Crippen LogP contribution in [-0.4, -0.2) is 25.8 Å². The first-order valence-electron chi connectivity index (χ1n) is 10.4. The highest BCUT2D eigenvalue weighted by Crippen LogP contribution is 2.43. The third kappa shape index (κ3) is 3.28. The molecule has 0 N–H and O–H groups in total. The third-order valence-corrected chi connectivity index (χ3v) is 7.72. The summed E-state index contributed by atoms with van der Waals surface area (Å²) in [7, 11) is 0. The summed E-state index contributed by atoms with van der Waals surface area (Å²) < 4.78 is 2.23. The van der Waals surface area contributed by atoms with E-state index in [2.05, 4.69) is 65.1 Å². The molecule has 0 bridgehead atoms. The number of hydrogen-bond donors (Lipinski definition) is 0. The lowest BCUT2D eigenvalue weighted by Gasteiger charge is -2.20. The number of allylic oxidation sites excluding steroid dienone is 2. The Labute approximate surface area is 186 Å². The van der Waals surface area contributed by atoms with E-state index < -0.39 is 0 Å². The Morgan fingerprint density at radius 3 is 2.90 bits per heavy atom. The predicted octanol–water partition coefficient (Wildman–Crippen LogP) is 6.66. The molecule has 0 amide bonds. The number of hydrogen-bond acceptors (Lipinski definition) is 4. The molecular formula is C24H25ClN4S. The molecule has 1 atom stereocenters. The Bertz CT molecular complexity index is 1190. The van der Waals surface area contributed by atoms with Crippen LogP contribution in [0.5, 0.6) is 0 Å². The second-order valence-electron chi connectivity index (χ2n) is 8.65. The summed E-state index contributed by atoms with van der Waals surface area (Å²) in [4.78, 5) is 13.4. The molecule has 0 fully saturated rings. The quantitative estimate of drug-likeness (QED) is 0.339. The van der Waals surface area contributed by atoms with Crippen molar-refractivity contribution in [3.05, 3.63) is 64.7 Å². The van der Waals surface area contributed by atoms with Crippen LogP contribution in [0.3, 0.4) is 0 Å². The maximum absolute atomic E-state index is 6.21. The summed E-state index contributed by atoms with van der Waals surface area (Å²) in [5.41, 5.74) is 6.33. The summed E-state index contributed by atoms with van der Waals surface area (Å²) in [6.07, 6.45) is 12.5. The molecule has 3 aromatic rings. The van der Waals surface area contributed by atoms with E-state index in [0.717, 1.165) is 42.4 Å². The van der Waals surface area contributed by atoms with Gasteiger partial charge in [-0.05, 0) is 69.0 Å². The van der Waals surface area contributed by atoms with Crippen molar-refractivity contribution in [2.24, 2.45) is 4.99 Å². The third-order valence-electron chi connectivity index (χ3n) is 6.43. The number of aliphatic imine (C=N–C) groups is 1. The Balaban J connectivity index is 1.31. The van der Waals surface area contributed by atoms with Crippen molar-refractivity contribution in [3.63, 3.8) is 0 Å². The average molecular weight is 437 g/mol. The molecule has 3 heterocycles. The highest BCUT2D eigenvalue weighted by molar-refractivity contribution is 8.13. The van der Waals surface area contributed by atoms with E-state index in [9.17, 15) is 0 Å². The van der Waals surface area contributed by atoms with Gasteiger partial charge < -0.3 is 4.57 Å². The molecule has 2 aromatic heterocycles. The molecule has 1 aromatic carbocycles. The lowest BCUT2D eigenvalue weighted by molar-refractivity contribution is 0.603. The van der Waals surface area contributed by atoms with E-state index in [1.807, 2.05) is 6.07 Å². The number of aryl methyl sites for hydroxylation is 1. The van der Waals surface area contributed by atoms with Crippen LogP contribution in [0.2, 0.25) is 5.15 Å². The van der Waals surface area contributed by atoms with Gasteiger partial charge in [0, 0.05) is 11.6 Å². The van der Waals surface area contributed by atoms with Crippen LogP contribution in [0, 0.1) is 0 Å². The minimum absolute atomic E-state index is 0.0282. The number of aromatic nitrogens is 3. The highest BCUT2D eigenvalue weighted by atomic mass is 35.5. The average Bonchev–Trinajstić information content (AvgIpc) is 3.42. The number of nitrogens with zero attached hydrogens (tertiary/aromatic N) is 4. The van der Waals surface area contributed by atoms with Crippen molar-refractivity contribution in [3.8, 4) is 0 Å². The molecule has 1 unspecified atom stereocenters. The van der Waals surface area contributed by atoms with Crippen LogP contribution in [0.25, 0.3) is 11.0 Å². The van der Waals surface area contributed by atoms with Gasteiger partial charge in [-0.25, -0.2) is 15.0 Å². The minimum atomic E-state index is 0.0282. The van der Waals surface area contributed by atoms with Crippen molar-refractivity contribution in [2.75, 3.05) is 6.26 Å². The zero-order valence-corrected chi connectivity index (χ0v) is 19.1. The molecule has 4 nitrogen and oxygen atoms in total. The van der Waals surface area contributed by atoms with Gasteiger partial charge in [0.05, 0.1) is 22.2 Å². The van der Waals surface area contributed by atoms with E-state index in [1.165, 1.54) is 21.7 Å². The van der Waals surface area contributed by atoms with Crippen molar-refractivity contribution >= 4 is 45.1 Å². The molecule has 0 saturated carbocycles. The fourth-order valence-corrected chi connectivity index (χ4v) is 5.73. The minimum Gasteiger partial charge on any atom is -0.325 e. The molecule has 1 aliphatic heterocycles. The van der Waals surface area contributed by atoms with Gasteiger partial charge in [-0.1, -0.05) is 35.4 Å². The zero-order chi connectivity index (χ0) is 20.9. The smallest absolute Gasteiger partial charge is 0.145 e. The number of thioether (sulfide) groups is 1. The summed E-state index contributed by atoms with van der Waals surface area (Å²) in [5, 5.41) is 2.65. The molecule has 0 spiro atoms. The second kappa shape index (κ2) is 7.54. The fraction of sp³-hybridized carbons (Fsp3) is 0.375. The standard InChI is InChI=1S/C24H25ClN4S/c1-24(2)19-9-7-16(13-20(19)28-23(24)30-3)5-4-15-6-8-17(12-15)29-11-10-18-21(25)26-14-27-22(18)29/h7,9-14,17H,4-6,8H2,1-3H3. The summed E-state index contributed by atoms with van der Waals surface area (Å²) >= 11 is 7.97. The second-order valence-corrected chi connectivity index (χ2v) is 9.81. The Morgan fingerprint density at radius 2 is 2.07 bits per heavy atom. The van der Waals surface area contributed by atoms with E-state index in [0.29, 0.717) is 11.2 Å². The fourth-order valence-electron chi connectivity index (χ4n) is 4.73. The summed E-state index contributed by atoms with van der Waals surface area (Å²) in [6, 6.07) is 9.20. The molecule has 154 valence electrons. The Kier molecular flexibility index (Phi) is 4.98. The number of halogens is 1. The topological polar surface area (TPSA) is 43.1 Å². The van der Waals surface area contributed by atoms with Crippen molar-refractivity contribution < 1.29 is 0 Å². The molecule has 30 heavy (non-hydrogen) atoms. The lowest BCUT2D eigenvalue weighted by Crippen LogP contribution is -2.22. The lowest BCUT2D eigenvalue weighted by atomic mass is 9.86. The molecule has 0 radical (unpaired) electrons. The first-order valence-corrected chi connectivity index (χ1v) is 12.0. The molecular weight excluding hydrogens is 412 g/mol. The molecule has 5 rings (SSSR count). The van der Waals surface area contributed by atoms with Gasteiger partial charge in [0.15, 0.2) is 0 Å². The zero-order valence-electron chi connectivity index (χ0n) is 17.5. The van der Waals surface area contributed by atoms with Crippen LogP contribution in [0.4, 0.5) is 5.69 Å². The maximum Gasteiger partial charge on any atom is 0.145 e. The van der Waals surface area contributed by atoms with Gasteiger partial charge in [0.2, 0.25) is 0 Å². The largest absolute Gasteiger partial charge is 0.325 e. The van der Waals surface area contributed by atoms with Gasteiger partial charge in [0.25, 0.3) is 0 Å². The monoisotopic (exact) mass is 436 g/mol. The Hall–Kier alpha value is -2.11. The normalized spacial score (nSPS) is 19.8. The van der Waals surface area contributed by atoms with Gasteiger partial charge in [-0.3, -0.25) is 0 Å². The van der Waals surface area contributed by atoms with E-state index >= 15 is 0 Å². The van der Waals surface area contributed by atoms with E-state index in [-0.39, 0.29) is 5.41 Å². The van der Waals surface area contributed by atoms with E-state index in [4.69, 9.17) is 16.6 Å². The van der Waals surface area contributed by atoms with Crippen LogP contribution < -0.4 is 0 Å². The van der Waals surface area contributed by atoms with Crippen molar-refractivity contribution in [1.29, 1.82) is 0 Å². The van der Waals surface area contributed by atoms with Crippen LogP contribution in [0.1, 0.15) is 50.3 Å². The van der Waals surface area contributed by atoms with Crippen LogP contribution in [-0.2, 0) is 11.8 Å². The number of fused-ring (bicyclic) bond motifs is 2. The number of rotatable bonds is 4.